The summed E-state index contributed by atoms with van der Waals surface area (Å²) < 4.78 is 12.8. The van der Waals surface area contributed by atoms with Gasteiger partial charge in [-0.25, -0.2) is 4.98 Å². The zero-order chi connectivity index (χ0) is 18.5. The van der Waals surface area contributed by atoms with Crippen LogP contribution >= 0.6 is 0 Å². The third-order valence-electron chi connectivity index (χ3n) is 4.80. The molecular formula is C22H22N2O3. The summed E-state index contributed by atoms with van der Waals surface area (Å²) in [7, 11) is 0. The van der Waals surface area contributed by atoms with Gasteiger partial charge in [-0.05, 0) is 47.2 Å². The maximum atomic E-state index is 12.1. The van der Waals surface area contributed by atoms with E-state index in [1.165, 1.54) is 11.1 Å². The molecule has 0 saturated heterocycles. The van der Waals surface area contributed by atoms with Crippen LogP contribution < -0.4 is 0 Å². The molecule has 27 heavy (non-hydrogen) atoms. The molecule has 0 fully saturated rings. The molecule has 0 amide bonds. The van der Waals surface area contributed by atoms with E-state index in [2.05, 4.69) is 23.2 Å². The van der Waals surface area contributed by atoms with E-state index in [9.17, 15) is 4.79 Å². The normalized spacial score (nSPS) is 13.2. The van der Waals surface area contributed by atoms with Crippen LogP contribution in [0.1, 0.15) is 28.7 Å². The number of imidazole rings is 1. The van der Waals surface area contributed by atoms with Crippen LogP contribution in [-0.2, 0) is 40.3 Å². The van der Waals surface area contributed by atoms with Gasteiger partial charge in [-0.3, -0.25) is 4.79 Å². The SMILES string of the molecule is O=C(CCc1ccc2c(c1)COCC2)OCc1ccc(-n2ccnc2)cc1. The van der Waals surface area contributed by atoms with Gasteiger partial charge in [0.2, 0.25) is 0 Å². The number of nitrogens with zero attached hydrogens (tertiary/aromatic N) is 2. The number of benzene rings is 2. The summed E-state index contributed by atoms with van der Waals surface area (Å²) in [4.78, 5) is 16.1. The third-order valence-corrected chi connectivity index (χ3v) is 4.80. The number of carbonyl (C=O) groups excluding carboxylic acids is 1. The summed E-state index contributed by atoms with van der Waals surface area (Å²) in [6.07, 6.45) is 7.42. The quantitative estimate of drug-likeness (QED) is 0.629. The van der Waals surface area contributed by atoms with E-state index in [4.69, 9.17) is 9.47 Å². The van der Waals surface area contributed by atoms with E-state index in [-0.39, 0.29) is 5.97 Å². The van der Waals surface area contributed by atoms with Gasteiger partial charge in [-0.2, -0.15) is 0 Å². The van der Waals surface area contributed by atoms with Gasteiger partial charge in [0.25, 0.3) is 0 Å². The molecule has 0 N–H and O–H groups in total. The van der Waals surface area contributed by atoms with Crippen molar-refractivity contribution in [2.45, 2.75) is 32.5 Å². The summed E-state index contributed by atoms with van der Waals surface area (Å²) >= 11 is 0. The Morgan fingerprint density at radius 2 is 1.96 bits per heavy atom. The van der Waals surface area contributed by atoms with Crippen molar-refractivity contribution >= 4 is 5.97 Å². The minimum Gasteiger partial charge on any atom is -0.461 e. The van der Waals surface area contributed by atoms with Crippen LogP contribution in [0.3, 0.4) is 0 Å². The molecule has 1 aromatic heterocycles. The maximum Gasteiger partial charge on any atom is 0.306 e. The Bertz CT molecular complexity index is 902. The number of hydrogen-bond acceptors (Lipinski definition) is 4. The zero-order valence-electron chi connectivity index (χ0n) is 15.1. The molecule has 0 spiro atoms. The summed E-state index contributed by atoms with van der Waals surface area (Å²) in [5.74, 6) is -0.178. The highest BCUT2D eigenvalue weighted by Crippen LogP contribution is 2.19. The molecule has 0 atom stereocenters. The lowest BCUT2D eigenvalue weighted by molar-refractivity contribution is -0.144. The van der Waals surface area contributed by atoms with E-state index in [0.717, 1.165) is 29.8 Å². The number of ether oxygens (including phenoxy) is 2. The number of carbonyl (C=O) groups is 1. The Labute approximate surface area is 158 Å². The fourth-order valence-electron chi connectivity index (χ4n) is 3.24. The minimum absolute atomic E-state index is 0.178. The van der Waals surface area contributed by atoms with E-state index in [0.29, 0.717) is 26.1 Å². The molecule has 0 bridgehead atoms. The first kappa shape index (κ1) is 17.5. The standard InChI is InChI=1S/C22H22N2O3/c25-22(8-4-17-1-5-19-9-12-26-15-20(19)13-17)27-14-18-2-6-21(7-3-18)24-11-10-23-16-24/h1-3,5-7,10-11,13,16H,4,8-9,12,14-15H2. The predicted molar refractivity (Wildman–Crippen MR) is 101 cm³/mol. The van der Waals surface area contributed by atoms with Crippen molar-refractivity contribution in [2.24, 2.45) is 0 Å². The van der Waals surface area contributed by atoms with Crippen molar-refractivity contribution in [3.63, 3.8) is 0 Å². The fraction of sp³-hybridized carbons (Fsp3) is 0.273. The van der Waals surface area contributed by atoms with Gasteiger partial charge in [-0.15, -0.1) is 0 Å². The van der Waals surface area contributed by atoms with Crippen LogP contribution in [0.15, 0.2) is 61.2 Å². The number of fused-ring (bicyclic) bond motifs is 1. The highest BCUT2D eigenvalue weighted by Gasteiger charge is 2.11. The van der Waals surface area contributed by atoms with Crippen molar-refractivity contribution in [3.8, 4) is 5.69 Å². The molecule has 2 aromatic carbocycles. The lowest BCUT2D eigenvalue weighted by atomic mass is 9.98. The maximum absolute atomic E-state index is 12.1. The highest BCUT2D eigenvalue weighted by atomic mass is 16.5. The van der Waals surface area contributed by atoms with Crippen molar-refractivity contribution in [1.82, 2.24) is 9.55 Å². The summed E-state index contributed by atoms with van der Waals surface area (Å²) in [6, 6.07) is 14.3. The zero-order valence-corrected chi connectivity index (χ0v) is 15.1. The van der Waals surface area contributed by atoms with Gasteiger partial charge in [0.15, 0.2) is 0 Å². The molecule has 2 heterocycles. The summed E-state index contributed by atoms with van der Waals surface area (Å²) in [5, 5.41) is 0. The van der Waals surface area contributed by atoms with Crippen molar-refractivity contribution in [2.75, 3.05) is 6.61 Å². The molecule has 3 aromatic rings. The van der Waals surface area contributed by atoms with Crippen LogP contribution in [0.4, 0.5) is 0 Å². The Morgan fingerprint density at radius 3 is 2.78 bits per heavy atom. The molecule has 4 rings (SSSR count). The predicted octanol–water partition coefficient (Wildman–Crippen LogP) is 3.62. The van der Waals surface area contributed by atoms with Crippen LogP contribution in [0, 0.1) is 0 Å². The fourth-order valence-corrected chi connectivity index (χ4v) is 3.24. The van der Waals surface area contributed by atoms with Gasteiger partial charge in [0, 0.05) is 24.5 Å². The molecule has 138 valence electrons. The number of rotatable bonds is 6. The summed E-state index contributed by atoms with van der Waals surface area (Å²) in [5.41, 5.74) is 5.75. The number of aryl methyl sites for hydroxylation is 1. The molecule has 0 unspecified atom stereocenters. The first-order valence-corrected chi connectivity index (χ1v) is 9.19. The number of aromatic nitrogens is 2. The van der Waals surface area contributed by atoms with Crippen LogP contribution in [0.25, 0.3) is 5.69 Å². The monoisotopic (exact) mass is 362 g/mol. The largest absolute Gasteiger partial charge is 0.461 e. The van der Waals surface area contributed by atoms with Crippen LogP contribution in [0.5, 0.6) is 0 Å². The molecule has 0 radical (unpaired) electrons. The van der Waals surface area contributed by atoms with E-state index in [1.807, 2.05) is 35.0 Å². The van der Waals surface area contributed by atoms with E-state index < -0.39 is 0 Å². The first-order chi connectivity index (χ1) is 13.3. The van der Waals surface area contributed by atoms with Gasteiger partial charge in [0.1, 0.15) is 6.61 Å². The Morgan fingerprint density at radius 1 is 1.11 bits per heavy atom. The topological polar surface area (TPSA) is 53.4 Å². The lowest BCUT2D eigenvalue weighted by Crippen LogP contribution is -2.10. The lowest BCUT2D eigenvalue weighted by Gasteiger charge is -2.17. The van der Waals surface area contributed by atoms with Crippen molar-refractivity contribution in [1.29, 1.82) is 0 Å². The Kier molecular flexibility index (Phi) is 5.30. The molecule has 1 aliphatic rings. The first-order valence-electron chi connectivity index (χ1n) is 9.19. The van der Waals surface area contributed by atoms with E-state index >= 15 is 0 Å². The molecule has 0 saturated carbocycles. The average Bonchev–Trinajstić information content (AvgIpc) is 3.26. The molecule has 1 aliphatic heterocycles. The Balaban J connectivity index is 1.26. The second-order valence-corrected chi connectivity index (χ2v) is 6.70. The van der Waals surface area contributed by atoms with Gasteiger partial charge >= 0.3 is 5.97 Å². The minimum atomic E-state index is -0.178. The van der Waals surface area contributed by atoms with Gasteiger partial charge < -0.3 is 14.0 Å². The second-order valence-electron chi connectivity index (χ2n) is 6.70. The summed E-state index contributed by atoms with van der Waals surface area (Å²) in [6.45, 7) is 1.76. The number of esters is 1. The Hall–Kier alpha value is -2.92. The average molecular weight is 362 g/mol. The molecule has 5 nitrogen and oxygen atoms in total. The van der Waals surface area contributed by atoms with Crippen LogP contribution in [-0.4, -0.2) is 22.1 Å². The van der Waals surface area contributed by atoms with Gasteiger partial charge in [-0.1, -0.05) is 30.3 Å². The van der Waals surface area contributed by atoms with Crippen molar-refractivity contribution in [3.05, 3.63) is 83.4 Å². The molecule has 0 aliphatic carbocycles. The van der Waals surface area contributed by atoms with Gasteiger partial charge in [0.05, 0.1) is 19.5 Å². The highest BCUT2D eigenvalue weighted by molar-refractivity contribution is 5.69. The molecule has 5 heteroatoms. The molecular weight excluding hydrogens is 340 g/mol. The smallest absolute Gasteiger partial charge is 0.306 e. The van der Waals surface area contributed by atoms with Crippen molar-refractivity contribution < 1.29 is 14.3 Å². The number of hydrogen-bond donors (Lipinski definition) is 0. The second kappa shape index (κ2) is 8.18. The third kappa shape index (κ3) is 4.44. The van der Waals surface area contributed by atoms with E-state index in [1.54, 1.807) is 12.5 Å². The van der Waals surface area contributed by atoms with Crippen LogP contribution in [0.2, 0.25) is 0 Å².